The van der Waals surface area contributed by atoms with Gasteiger partial charge in [0, 0.05) is 18.0 Å². The Morgan fingerprint density at radius 1 is 1.53 bits per heavy atom. The van der Waals surface area contributed by atoms with Crippen LogP contribution in [0, 0.1) is 18.2 Å². The monoisotopic (exact) mass is 253 g/mol. The lowest BCUT2D eigenvalue weighted by Crippen LogP contribution is -2.22. The van der Waals surface area contributed by atoms with Crippen LogP contribution in [0.25, 0.3) is 0 Å². The van der Waals surface area contributed by atoms with Crippen LogP contribution in [0.1, 0.15) is 37.8 Å². The molecule has 0 spiro atoms. The second-order valence-electron chi connectivity index (χ2n) is 3.85. The van der Waals surface area contributed by atoms with Gasteiger partial charge in [0.1, 0.15) is 5.82 Å². The van der Waals surface area contributed by atoms with Crippen molar-refractivity contribution in [1.82, 2.24) is 5.32 Å². The molecule has 1 N–H and O–H groups in total. The Morgan fingerprint density at radius 3 is 2.94 bits per heavy atom. The molecular formula is C14H17ClFN. The molecule has 1 rings (SSSR count). The first kappa shape index (κ1) is 14.0. The molecule has 0 bridgehead atoms. The summed E-state index contributed by atoms with van der Waals surface area (Å²) < 4.78 is 13.9. The van der Waals surface area contributed by atoms with E-state index in [1.54, 1.807) is 18.2 Å². The van der Waals surface area contributed by atoms with Crippen molar-refractivity contribution >= 4 is 11.6 Å². The third-order valence-electron chi connectivity index (χ3n) is 2.62. The minimum atomic E-state index is -0.333. The highest BCUT2D eigenvalue weighted by Crippen LogP contribution is 2.26. The number of rotatable bonds is 6. The van der Waals surface area contributed by atoms with E-state index in [-0.39, 0.29) is 16.9 Å². The Morgan fingerprint density at radius 2 is 2.29 bits per heavy atom. The van der Waals surface area contributed by atoms with E-state index < -0.39 is 0 Å². The second-order valence-corrected chi connectivity index (χ2v) is 4.26. The molecule has 1 unspecified atom stereocenters. The van der Waals surface area contributed by atoms with E-state index in [1.807, 2.05) is 6.92 Å². The fourth-order valence-electron chi connectivity index (χ4n) is 1.81. The first-order valence-corrected chi connectivity index (χ1v) is 6.19. The second kappa shape index (κ2) is 7.32. The van der Waals surface area contributed by atoms with Crippen molar-refractivity contribution in [3.63, 3.8) is 0 Å². The maximum Gasteiger partial charge on any atom is 0.146 e. The van der Waals surface area contributed by atoms with E-state index in [1.165, 1.54) is 0 Å². The standard InChI is InChI=1S/C14H17ClFN/c1-3-5-6-10-13(17-4-2)11-8-7-9-12(15)14(11)16/h1,7-9,13,17H,4-6,10H2,2H3. The zero-order chi connectivity index (χ0) is 12.7. The number of halogens is 2. The van der Waals surface area contributed by atoms with Crippen LogP contribution < -0.4 is 5.32 Å². The minimum absolute atomic E-state index is 0.0212. The maximum absolute atomic E-state index is 13.9. The Kier molecular flexibility index (Phi) is 6.04. The number of hydrogen-bond donors (Lipinski definition) is 1. The normalized spacial score (nSPS) is 12.1. The van der Waals surface area contributed by atoms with Gasteiger partial charge in [0.15, 0.2) is 0 Å². The van der Waals surface area contributed by atoms with Gasteiger partial charge in [-0.2, -0.15) is 0 Å². The Bertz CT molecular complexity index is 398. The predicted molar refractivity (Wildman–Crippen MR) is 70.5 cm³/mol. The molecule has 1 nitrogen and oxygen atoms in total. The largest absolute Gasteiger partial charge is 0.310 e. The first-order valence-electron chi connectivity index (χ1n) is 5.81. The molecule has 17 heavy (non-hydrogen) atoms. The summed E-state index contributed by atoms with van der Waals surface area (Å²) in [7, 11) is 0. The quantitative estimate of drug-likeness (QED) is 0.598. The zero-order valence-electron chi connectivity index (χ0n) is 9.97. The van der Waals surface area contributed by atoms with Crippen LogP contribution in [0.2, 0.25) is 5.02 Å². The Labute approximate surface area is 107 Å². The number of unbranched alkanes of at least 4 members (excludes halogenated alkanes) is 1. The van der Waals surface area contributed by atoms with Crippen LogP contribution in [0.4, 0.5) is 4.39 Å². The molecule has 1 aromatic rings. The highest BCUT2D eigenvalue weighted by atomic mass is 35.5. The third-order valence-corrected chi connectivity index (χ3v) is 2.91. The van der Waals surface area contributed by atoms with Gasteiger partial charge in [0.2, 0.25) is 0 Å². The van der Waals surface area contributed by atoms with Crippen molar-refractivity contribution in [3.8, 4) is 12.3 Å². The molecular weight excluding hydrogens is 237 g/mol. The van der Waals surface area contributed by atoms with Gasteiger partial charge in [-0.3, -0.25) is 0 Å². The highest BCUT2D eigenvalue weighted by Gasteiger charge is 2.15. The SMILES string of the molecule is C#CCCCC(NCC)c1cccc(Cl)c1F. The van der Waals surface area contributed by atoms with E-state index in [4.69, 9.17) is 18.0 Å². The molecule has 0 fully saturated rings. The van der Waals surface area contributed by atoms with Crippen LogP contribution >= 0.6 is 11.6 Å². The molecule has 1 aromatic carbocycles. The molecule has 92 valence electrons. The fourth-order valence-corrected chi connectivity index (χ4v) is 1.99. The summed E-state index contributed by atoms with van der Waals surface area (Å²) in [4.78, 5) is 0. The predicted octanol–water partition coefficient (Wildman–Crippen LogP) is 3.93. The van der Waals surface area contributed by atoms with Crippen LogP contribution in [-0.4, -0.2) is 6.54 Å². The van der Waals surface area contributed by atoms with Gasteiger partial charge in [0.05, 0.1) is 5.02 Å². The fraction of sp³-hybridized carbons (Fsp3) is 0.429. The van der Waals surface area contributed by atoms with Crippen LogP contribution in [0.3, 0.4) is 0 Å². The first-order chi connectivity index (χ1) is 8.20. The number of nitrogens with one attached hydrogen (secondary N) is 1. The van der Waals surface area contributed by atoms with Gasteiger partial charge in [-0.1, -0.05) is 30.7 Å². The molecule has 0 aliphatic carbocycles. The van der Waals surface area contributed by atoms with Crippen molar-refractivity contribution in [1.29, 1.82) is 0 Å². The third kappa shape index (κ3) is 4.03. The summed E-state index contributed by atoms with van der Waals surface area (Å²) in [5.41, 5.74) is 0.622. The van der Waals surface area contributed by atoms with Gasteiger partial charge >= 0.3 is 0 Å². The molecule has 0 aliphatic heterocycles. The topological polar surface area (TPSA) is 12.0 Å². The minimum Gasteiger partial charge on any atom is -0.310 e. The van der Waals surface area contributed by atoms with Crippen molar-refractivity contribution < 1.29 is 4.39 Å². The summed E-state index contributed by atoms with van der Waals surface area (Å²) in [5, 5.41) is 3.43. The molecule has 0 radical (unpaired) electrons. The Balaban J connectivity index is 2.82. The number of benzene rings is 1. The van der Waals surface area contributed by atoms with E-state index in [0.717, 1.165) is 19.4 Å². The van der Waals surface area contributed by atoms with Crippen molar-refractivity contribution in [3.05, 3.63) is 34.6 Å². The average molecular weight is 254 g/mol. The highest BCUT2D eigenvalue weighted by molar-refractivity contribution is 6.30. The van der Waals surface area contributed by atoms with E-state index >= 15 is 0 Å². The maximum atomic E-state index is 13.9. The van der Waals surface area contributed by atoms with Gasteiger partial charge in [-0.15, -0.1) is 12.3 Å². The van der Waals surface area contributed by atoms with Crippen LogP contribution in [0.5, 0.6) is 0 Å². The lowest BCUT2D eigenvalue weighted by Gasteiger charge is -2.19. The van der Waals surface area contributed by atoms with Gasteiger partial charge < -0.3 is 5.32 Å². The van der Waals surface area contributed by atoms with Crippen molar-refractivity contribution in [2.45, 2.75) is 32.2 Å². The van der Waals surface area contributed by atoms with Crippen molar-refractivity contribution in [2.24, 2.45) is 0 Å². The summed E-state index contributed by atoms with van der Waals surface area (Å²) in [5.74, 6) is 2.26. The average Bonchev–Trinajstić information content (AvgIpc) is 2.32. The van der Waals surface area contributed by atoms with E-state index in [0.29, 0.717) is 12.0 Å². The van der Waals surface area contributed by atoms with Gasteiger partial charge in [0.25, 0.3) is 0 Å². The number of hydrogen-bond acceptors (Lipinski definition) is 1. The number of terminal acetylenes is 1. The van der Waals surface area contributed by atoms with Gasteiger partial charge in [-0.25, -0.2) is 4.39 Å². The molecule has 0 saturated heterocycles. The summed E-state index contributed by atoms with van der Waals surface area (Å²) in [6, 6.07) is 5.08. The summed E-state index contributed by atoms with van der Waals surface area (Å²) >= 11 is 5.78. The summed E-state index contributed by atoms with van der Waals surface area (Å²) in [6.07, 6.45) is 7.62. The van der Waals surface area contributed by atoms with Crippen LogP contribution in [-0.2, 0) is 0 Å². The van der Waals surface area contributed by atoms with E-state index in [9.17, 15) is 4.39 Å². The molecule has 0 amide bonds. The van der Waals surface area contributed by atoms with Crippen molar-refractivity contribution in [2.75, 3.05) is 6.54 Å². The molecule has 0 heterocycles. The molecule has 0 saturated carbocycles. The van der Waals surface area contributed by atoms with Gasteiger partial charge in [-0.05, 0) is 25.5 Å². The zero-order valence-corrected chi connectivity index (χ0v) is 10.7. The lowest BCUT2D eigenvalue weighted by atomic mass is 10.0. The summed E-state index contributed by atoms with van der Waals surface area (Å²) in [6.45, 7) is 2.78. The van der Waals surface area contributed by atoms with Crippen LogP contribution in [0.15, 0.2) is 18.2 Å². The smallest absolute Gasteiger partial charge is 0.146 e. The lowest BCUT2D eigenvalue weighted by molar-refractivity contribution is 0.475. The molecule has 3 heteroatoms. The molecule has 0 aliphatic rings. The van der Waals surface area contributed by atoms with E-state index in [2.05, 4.69) is 11.2 Å². The molecule has 0 aromatic heterocycles. The Hall–Kier alpha value is -1.04. The molecule has 1 atom stereocenters.